The first-order valence-electron chi connectivity index (χ1n) is 3.08. The Morgan fingerprint density at radius 3 is 1.55 bits per heavy atom. The summed E-state index contributed by atoms with van der Waals surface area (Å²) in [5.74, 6) is 0. The summed E-state index contributed by atoms with van der Waals surface area (Å²) in [6.45, 7) is 0.142. The molecule has 0 spiro atoms. The normalized spacial score (nSPS) is 12.5. The standard InChI is InChI=1S/C6H13F3N.ClH/c1-10(2,3)5-4-6(7,8)9;/h4-5H2,1-3H3;1H/q+1;/p-1. The molecule has 1 nitrogen and oxygen atoms in total. The summed E-state index contributed by atoms with van der Waals surface area (Å²) in [4.78, 5) is 0. The molecule has 0 saturated heterocycles. The van der Waals surface area contributed by atoms with Gasteiger partial charge in [-0.15, -0.1) is 0 Å². The van der Waals surface area contributed by atoms with E-state index in [1.807, 2.05) is 0 Å². The smallest absolute Gasteiger partial charge is 0.394 e. The Morgan fingerprint density at radius 1 is 1.09 bits per heavy atom. The summed E-state index contributed by atoms with van der Waals surface area (Å²) in [5, 5.41) is 0. The third-order valence-corrected chi connectivity index (χ3v) is 1.07. The highest BCUT2D eigenvalue weighted by Gasteiger charge is 2.29. The quantitative estimate of drug-likeness (QED) is 0.474. The van der Waals surface area contributed by atoms with Gasteiger partial charge in [-0.25, -0.2) is 0 Å². The second-order valence-corrected chi connectivity index (χ2v) is 3.38. The molecule has 0 unspecified atom stereocenters. The van der Waals surface area contributed by atoms with Crippen LogP contribution in [0.5, 0.6) is 0 Å². The maximum absolute atomic E-state index is 11.6. The SMILES string of the molecule is C[N+](C)(C)CCC(F)(F)F.[Cl-]. The van der Waals surface area contributed by atoms with Crippen LogP contribution < -0.4 is 12.4 Å². The van der Waals surface area contributed by atoms with E-state index in [0.29, 0.717) is 4.48 Å². The molecule has 0 amide bonds. The van der Waals surface area contributed by atoms with Crippen molar-refractivity contribution in [1.82, 2.24) is 0 Å². The van der Waals surface area contributed by atoms with Crippen LogP contribution in [0.1, 0.15) is 6.42 Å². The van der Waals surface area contributed by atoms with Crippen LogP contribution in [0, 0.1) is 0 Å². The molecule has 0 radical (unpaired) electrons. The molecule has 0 aromatic carbocycles. The van der Waals surface area contributed by atoms with E-state index in [4.69, 9.17) is 0 Å². The van der Waals surface area contributed by atoms with Crippen LogP contribution >= 0.6 is 0 Å². The van der Waals surface area contributed by atoms with Gasteiger partial charge in [0.05, 0.1) is 34.1 Å². The highest BCUT2D eigenvalue weighted by molar-refractivity contribution is 4.47. The molecule has 0 heterocycles. The van der Waals surface area contributed by atoms with Crippen LogP contribution in [0.3, 0.4) is 0 Å². The summed E-state index contributed by atoms with van der Waals surface area (Å²) in [5.41, 5.74) is 0. The molecule has 0 bridgehead atoms. The minimum atomic E-state index is -4.01. The van der Waals surface area contributed by atoms with Gasteiger partial charge in [0, 0.05) is 0 Å². The minimum absolute atomic E-state index is 0. The summed E-state index contributed by atoms with van der Waals surface area (Å²) < 4.78 is 35.1. The molecule has 0 aliphatic carbocycles. The molecule has 0 fully saturated rings. The van der Waals surface area contributed by atoms with Gasteiger partial charge in [0.15, 0.2) is 0 Å². The van der Waals surface area contributed by atoms with Crippen LogP contribution in [0.25, 0.3) is 0 Å². The summed E-state index contributed by atoms with van der Waals surface area (Å²) in [7, 11) is 5.23. The van der Waals surface area contributed by atoms with Gasteiger partial charge < -0.3 is 16.9 Å². The monoisotopic (exact) mass is 191 g/mol. The Morgan fingerprint density at radius 2 is 1.45 bits per heavy atom. The average Bonchev–Trinajstić information content (AvgIpc) is 1.57. The lowest BCUT2D eigenvalue weighted by Crippen LogP contribution is -3.00. The minimum Gasteiger partial charge on any atom is -1.00 e. The third-order valence-electron chi connectivity index (χ3n) is 1.07. The van der Waals surface area contributed by atoms with Gasteiger partial charge in [-0.05, 0) is 0 Å². The molecule has 0 saturated carbocycles. The fourth-order valence-electron chi connectivity index (χ4n) is 0.462. The molecular formula is C6H13ClF3N. The number of rotatable bonds is 2. The van der Waals surface area contributed by atoms with Crippen molar-refractivity contribution < 1.29 is 30.1 Å². The van der Waals surface area contributed by atoms with Crippen LogP contribution in [0.15, 0.2) is 0 Å². The van der Waals surface area contributed by atoms with Crippen molar-refractivity contribution in [1.29, 1.82) is 0 Å². The lowest BCUT2D eigenvalue weighted by atomic mass is 10.4. The van der Waals surface area contributed by atoms with E-state index in [1.54, 1.807) is 21.1 Å². The van der Waals surface area contributed by atoms with Crippen molar-refractivity contribution >= 4 is 0 Å². The van der Waals surface area contributed by atoms with Crippen LogP contribution in [0.4, 0.5) is 13.2 Å². The highest BCUT2D eigenvalue weighted by atomic mass is 35.5. The molecule has 0 aliphatic rings. The molecule has 70 valence electrons. The number of hydrogen-bond acceptors (Lipinski definition) is 0. The van der Waals surface area contributed by atoms with Crippen LogP contribution in [-0.2, 0) is 0 Å². The van der Waals surface area contributed by atoms with Crippen molar-refractivity contribution in [2.45, 2.75) is 12.6 Å². The van der Waals surface area contributed by atoms with E-state index in [1.165, 1.54) is 0 Å². The van der Waals surface area contributed by atoms with Crippen molar-refractivity contribution in [3.05, 3.63) is 0 Å². The topological polar surface area (TPSA) is 0 Å². The van der Waals surface area contributed by atoms with Gasteiger partial charge in [-0.3, -0.25) is 0 Å². The van der Waals surface area contributed by atoms with Crippen molar-refractivity contribution in [3.8, 4) is 0 Å². The number of alkyl halides is 3. The van der Waals surface area contributed by atoms with Gasteiger partial charge in [0.1, 0.15) is 0 Å². The number of nitrogens with zero attached hydrogens (tertiary/aromatic N) is 1. The van der Waals surface area contributed by atoms with Gasteiger partial charge in [-0.1, -0.05) is 0 Å². The first kappa shape index (κ1) is 13.6. The lowest BCUT2D eigenvalue weighted by Gasteiger charge is -2.24. The van der Waals surface area contributed by atoms with Crippen molar-refractivity contribution in [3.63, 3.8) is 0 Å². The van der Waals surface area contributed by atoms with E-state index in [9.17, 15) is 13.2 Å². The zero-order valence-electron chi connectivity index (χ0n) is 6.87. The Balaban J connectivity index is 0. The van der Waals surface area contributed by atoms with Crippen LogP contribution in [0.2, 0.25) is 0 Å². The van der Waals surface area contributed by atoms with Gasteiger partial charge >= 0.3 is 6.18 Å². The maximum Gasteiger partial charge on any atom is 0.394 e. The summed E-state index contributed by atoms with van der Waals surface area (Å²) in [6.07, 6.45) is -4.71. The Kier molecular flexibility index (Phi) is 5.15. The molecule has 0 aromatic rings. The number of hydrogen-bond donors (Lipinski definition) is 0. The fourth-order valence-corrected chi connectivity index (χ4v) is 0.462. The largest absolute Gasteiger partial charge is 1.00 e. The molecule has 11 heavy (non-hydrogen) atoms. The third kappa shape index (κ3) is 13.1. The predicted molar refractivity (Wildman–Crippen MR) is 33.6 cm³/mol. The maximum atomic E-state index is 11.6. The second-order valence-electron chi connectivity index (χ2n) is 3.38. The summed E-state index contributed by atoms with van der Waals surface area (Å²) in [6, 6.07) is 0. The van der Waals surface area contributed by atoms with E-state index < -0.39 is 12.6 Å². The van der Waals surface area contributed by atoms with Crippen molar-refractivity contribution in [2.24, 2.45) is 0 Å². The van der Waals surface area contributed by atoms with E-state index >= 15 is 0 Å². The highest BCUT2D eigenvalue weighted by Crippen LogP contribution is 2.20. The van der Waals surface area contributed by atoms with E-state index in [-0.39, 0.29) is 19.0 Å². The predicted octanol–water partition coefficient (Wildman–Crippen LogP) is -1.35. The Hall–Kier alpha value is 0.0400. The van der Waals surface area contributed by atoms with Gasteiger partial charge in [-0.2, -0.15) is 13.2 Å². The summed E-state index contributed by atoms with van der Waals surface area (Å²) >= 11 is 0. The molecule has 0 N–H and O–H groups in total. The first-order valence-corrected chi connectivity index (χ1v) is 3.08. The van der Waals surface area contributed by atoms with Crippen LogP contribution in [-0.4, -0.2) is 38.3 Å². The van der Waals surface area contributed by atoms with Gasteiger partial charge in [0.25, 0.3) is 0 Å². The molecular weight excluding hydrogens is 179 g/mol. The zero-order valence-corrected chi connectivity index (χ0v) is 7.63. The first-order chi connectivity index (χ1) is 4.21. The molecule has 0 rings (SSSR count). The molecule has 5 heteroatoms. The number of quaternary nitrogens is 1. The zero-order chi connectivity index (χ0) is 8.41. The van der Waals surface area contributed by atoms with Gasteiger partial charge in [0.2, 0.25) is 0 Å². The van der Waals surface area contributed by atoms with E-state index in [2.05, 4.69) is 0 Å². The molecule has 0 aliphatic heterocycles. The Labute approximate surface area is 71.2 Å². The van der Waals surface area contributed by atoms with E-state index in [0.717, 1.165) is 0 Å². The second kappa shape index (κ2) is 4.16. The fraction of sp³-hybridized carbons (Fsp3) is 1.00. The number of halogens is 4. The van der Waals surface area contributed by atoms with Crippen molar-refractivity contribution in [2.75, 3.05) is 27.7 Å². The lowest BCUT2D eigenvalue weighted by molar-refractivity contribution is -0.871. The average molecular weight is 192 g/mol. The molecule has 0 atom stereocenters. The Bertz CT molecular complexity index is 91.4. The molecule has 0 aromatic heterocycles.